The molecule has 2 nitrogen and oxygen atoms in total. The number of carbonyl (C=O) groups is 1. The molecule has 2 aromatic rings. The first-order valence-electron chi connectivity index (χ1n) is 4.68. The van der Waals surface area contributed by atoms with E-state index < -0.39 is 0 Å². The monoisotopic (exact) mass is 285 g/mol. The molecule has 17 heavy (non-hydrogen) atoms. The Balaban J connectivity index is 2.67. The second kappa shape index (κ2) is 5.05. The summed E-state index contributed by atoms with van der Waals surface area (Å²) in [5.41, 5.74) is 1.73. The fraction of sp³-hybridized carbons (Fsp3) is 0. The third kappa shape index (κ3) is 2.44. The van der Waals surface area contributed by atoms with E-state index >= 15 is 0 Å². The van der Waals surface area contributed by atoms with Gasteiger partial charge in [0.05, 0.1) is 10.0 Å². The van der Waals surface area contributed by atoms with Gasteiger partial charge in [0.25, 0.3) is 0 Å². The van der Waals surface area contributed by atoms with Crippen LogP contribution in [-0.4, -0.2) is 11.3 Å². The molecule has 2 rings (SSSR count). The van der Waals surface area contributed by atoms with Gasteiger partial charge < -0.3 is 0 Å². The van der Waals surface area contributed by atoms with Gasteiger partial charge in [-0.25, -0.2) is 4.98 Å². The van der Waals surface area contributed by atoms with Crippen molar-refractivity contribution in [3.05, 3.63) is 51.2 Å². The highest BCUT2D eigenvalue weighted by molar-refractivity contribution is 6.42. The van der Waals surface area contributed by atoms with E-state index in [1.807, 2.05) is 0 Å². The molecule has 0 aliphatic heterocycles. The highest BCUT2D eigenvalue weighted by atomic mass is 35.5. The van der Waals surface area contributed by atoms with Crippen molar-refractivity contribution >= 4 is 41.1 Å². The number of hydrogen-bond donors (Lipinski definition) is 0. The smallest absolute Gasteiger partial charge is 0.150 e. The highest BCUT2D eigenvalue weighted by Crippen LogP contribution is 2.33. The number of carbonyl (C=O) groups excluding carboxylic acids is 1. The molecule has 0 N–H and O–H groups in total. The molecule has 0 unspecified atom stereocenters. The van der Waals surface area contributed by atoms with E-state index in [9.17, 15) is 4.79 Å². The van der Waals surface area contributed by atoms with Crippen molar-refractivity contribution in [2.45, 2.75) is 0 Å². The number of aldehydes is 1. The van der Waals surface area contributed by atoms with E-state index in [0.29, 0.717) is 26.7 Å². The van der Waals surface area contributed by atoms with Gasteiger partial charge in [-0.3, -0.25) is 4.79 Å². The summed E-state index contributed by atoms with van der Waals surface area (Å²) in [5.74, 6) is 0. The average Bonchev–Trinajstić information content (AvgIpc) is 2.32. The molecule has 0 saturated carbocycles. The largest absolute Gasteiger partial charge is 0.298 e. The Bertz CT molecular complexity index is 584. The van der Waals surface area contributed by atoms with Crippen LogP contribution >= 0.6 is 34.8 Å². The number of rotatable bonds is 2. The van der Waals surface area contributed by atoms with Crippen molar-refractivity contribution in [2.24, 2.45) is 0 Å². The summed E-state index contributed by atoms with van der Waals surface area (Å²) in [4.78, 5) is 14.9. The van der Waals surface area contributed by atoms with Crippen LogP contribution < -0.4 is 0 Å². The van der Waals surface area contributed by atoms with Gasteiger partial charge in [0.1, 0.15) is 5.15 Å². The minimum absolute atomic E-state index is 0.257. The van der Waals surface area contributed by atoms with Gasteiger partial charge >= 0.3 is 0 Å². The third-order valence-electron chi connectivity index (χ3n) is 2.27. The third-order valence-corrected chi connectivity index (χ3v) is 3.30. The van der Waals surface area contributed by atoms with Crippen LogP contribution in [0.25, 0.3) is 11.1 Å². The molecule has 0 radical (unpaired) electrons. The minimum Gasteiger partial charge on any atom is -0.298 e. The number of halogens is 3. The lowest BCUT2D eigenvalue weighted by Crippen LogP contribution is -1.91. The predicted molar refractivity (Wildman–Crippen MR) is 70.1 cm³/mol. The SMILES string of the molecule is O=Cc1ccnc(Cl)c1-c1ccc(Cl)c(Cl)c1. The van der Waals surface area contributed by atoms with Gasteiger partial charge in [-0.15, -0.1) is 0 Å². The lowest BCUT2D eigenvalue weighted by atomic mass is 10.0. The number of hydrogen-bond acceptors (Lipinski definition) is 2. The molecule has 5 heteroatoms. The Morgan fingerprint density at radius 1 is 1.06 bits per heavy atom. The molecular formula is C12H6Cl3NO. The molecule has 1 heterocycles. The zero-order chi connectivity index (χ0) is 12.4. The summed E-state index contributed by atoms with van der Waals surface area (Å²) >= 11 is 17.7. The predicted octanol–water partition coefficient (Wildman–Crippen LogP) is 4.52. The van der Waals surface area contributed by atoms with Gasteiger partial charge in [-0.1, -0.05) is 40.9 Å². The molecule has 0 atom stereocenters. The Morgan fingerprint density at radius 2 is 1.82 bits per heavy atom. The summed E-state index contributed by atoms with van der Waals surface area (Å²) in [6, 6.07) is 6.64. The first-order chi connectivity index (χ1) is 8.13. The van der Waals surface area contributed by atoms with Crippen LogP contribution in [0.4, 0.5) is 0 Å². The Morgan fingerprint density at radius 3 is 2.47 bits per heavy atom. The fourth-order valence-corrected chi connectivity index (χ4v) is 2.06. The lowest BCUT2D eigenvalue weighted by molar-refractivity contribution is 0.112. The van der Waals surface area contributed by atoms with Crippen LogP contribution in [0.1, 0.15) is 10.4 Å². The van der Waals surface area contributed by atoms with E-state index in [1.54, 1.807) is 24.3 Å². The van der Waals surface area contributed by atoms with Crippen molar-refractivity contribution in [1.29, 1.82) is 0 Å². The topological polar surface area (TPSA) is 30.0 Å². The quantitative estimate of drug-likeness (QED) is 0.600. The van der Waals surface area contributed by atoms with Gasteiger partial charge in [0.15, 0.2) is 6.29 Å². The van der Waals surface area contributed by atoms with Crippen LogP contribution in [0.5, 0.6) is 0 Å². The first kappa shape index (κ1) is 12.4. The van der Waals surface area contributed by atoms with Crippen molar-refractivity contribution in [3.8, 4) is 11.1 Å². The lowest BCUT2D eigenvalue weighted by Gasteiger charge is -2.07. The Kier molecular flexibility index (Phi) is 3.67. The van der Waals surface area contributed by atoms with Gasteiger partial charge in [0.2, 0.25) is 0 Å². The highest BCUT2D eigenvalue weighted by Gasteiger charge is 2.11. The second-order valence-electron chi connectivity index (χ2n) is 3.31. The van der Waals surface area contributed by atoms with Gasteiger partial charge in [0, 0.05) is 17.3 Å². The van der Waals surface area contributed by atoms with Crippen LogP contribution in [0, 0.1) is 0 Å². The first-order valence-corrected chi connectivity index (χ1v) is 5.82. The summed E-state index contributed by atoms with van der Waals surface area (Å²) < 4.78 is 0. The van der Waals surface area contributed by atoms with E-state index in [4.69, 9.17) is 34.8 Å². The summed E-state index contributed by atoms with van der Waals surface area (Å²) in [6.45, 7) is 0. The van der Waals surface area contributed by atoms with E-state index in [1.165, 1.54) is 6.20 Å². The number of nitrogens with zero attached hydrogens (tertiary/aromatic N) is 1. The molecule has 0 amide bonds. The molecule has 0 fully saturated rings. The van der Waals surface area contributed by atoms with Crippen molar-refractivity contribution < 1.29 is 4.79 Å². The maximum absolute atomic E-state index is 11.0. The van der Waals surface area contributed by atoms with Crippen LogP contribution in [0.3, 0.4) is 0 Å². The Hall–Kier alpha value is -1.09. The molecule has 1 aromatic carbocycles. The van der Waals surface area contributed by atoms with Crippen LogP contribution in [0.2, 0.25) is 15.2 Å². The molecular weight excluding hydrogens is 280 g/mol. The van der Waals surface area contributed by atoms with Gasteiger partial charge in [-0.05, 0) is 23.8 Å². The molecule has 1 aromatic heterocycles. The average molecular weight is 287 g/mol. The normalized spacial score (nSPS) is 10.3. The molecule has 0 aliphatic carbocycles. The standard InChI is InChI=1S/C12H6Cl3NO/c13-9-2-1-7(5-10(9)14)11-8(6-17)3-4-16-12(11)15/h1-6H. The summed E-state index contributed by atoms with van der Waals surface area (Å²) in [6.07, 6.45) is 2.21. The molecule has 0 bridgehead atoms. The van der Waals surface area contributed by atoms with Gasteiger partial charge in [-0.2, -0.15) is 0 Å². The van der Waals surface area contributed by atoms with Crippen molar-refractivity contribution in [1.82, 2.24) is 4.98 Å². The maximum atomic E-state index is 11.0. The van der Waals surface area contributed by atoms with E-state index in [2.05, 4.69) is 4.98 Å². The number of aromatic nitrogens is 1. The summed E-state index contributed by atoms with van der Waals surface area (Å²) in [5, 5.41) is 1.11. The zero-order valence-electron chi connectivity index (χ0n) is 8.45. The van der Waals surface area contributed by atoms with Crippen LogP contribution in [0.15, 0.2) is 30.5 Å². The number of pyridine rings is 1. The number of benzene rings is 1. The molecule has 0 spiro atoms. The minimum atomic E-state index is 0.257. The molecule has 0 saturated heterocycles. The van der Waals surface area contributed by atoms with E-state index in [0.717, 1.165) is 6.29 Å². The van der Waals surface area contributed by atoms with Crippen LogP contribution in [-0.2, 0) is 0 Å². The fourth-order valence-electron chi connectivity index (χ4n) is 1.49. The summed E-state index contributed by atoms with van der Waals surface area (Å²) in [7, 11) is 0. The van der Waals surface area contributed by atoms with E-state index in [-0.39, 0.29) is 5.15 Å². The molecule has 86 valence electrons. The Labute approximate surface area is 113 Å². The second-order valence-corrected chi connectivity index (χ2v) is 4.49. The van der Waals surface area contributed by atoms with Crippen molar-refractivity contribution in [2.75, 3.05) is 0 Å². The maximum Gasteiger partial charge on any atom is 0.150 e. The van der Waals surface area contributed by atoms with Crippen molar-refractivity contribution in [3.63, 3.8) is 0 Å². The molecule has 0 aliphatic rings. The zero-order valence-corrected chi connectivity index (χ0v) is 10.7.